The first kappa shape index (κ1) is 20.5. The Balaban J connectivity index is 1.39. The minimum atomic E-state index is 0.327. The first-order valence-corrected chi connectivity index (χ1v) is 10.7. The van der Waals surface area contributed by atoms with Crippen LogP contribution in [0, 0.1) is 5.41 Å². The van der Waals surface area contributed by atoms with Gasteiger partial charge in [-0.25, -0.2) is 4.99 Å². The molecule has 0 aromatic heterocycles. The van der Waals surface area contributed by atoms with Gasteiger partial charge in [0.2, 0.25) is 0 Å². The fourth-order valence-electron chi connectivity index (χ4n) is 4.17. The quantitative estimate of drug-likeness (QED) is 0.576. The van der Waals surface area contributed by atoms with Crippen LogP contribution in [-0.2, 0) is 11.3 Å². The zero-order valence-electron chi connectivity index (χ0n) is 17.9. The Hall–Kier alpha value is -2.73. The maximum Gasteiger partial charge on any atom is 0.194 e. The lowest BCUT2D eigenvalue weighted by atomic mass is 9.87. The number of para-hydroxylation sites is 2. The lowest BCUT2D eigenvalue weighted by Crippen LogP contribution is -2.41. The van der Waals surface area contributed by atoms with Crippen LogP contribution in [0.3, 0.4) is 0 Å². The Morgan fingerprint density at radius 2 is 1.93 bits per heavy atom. The zero-order chi connectivity index (χ0) is 20.8. The second kappa shape index (κ2) is 9.39. The Morgan fingerprint density at radius 1 is 1.13 bits per heavy atom. The number of nitrogens with zero attached hydrogens (tertiary/aromatic N) is 2. The molecule has 2 aromatic carbocycles. The highest BCUT2D eigenvalue weighted by molar-refractivity contribution is 5.80. The number of benzene rings is 2. The SMILES string of the molecule is CCNC(=NCc1ccc(Oc2ccccc2OC)cc1)N1CCC2(CCOC2)C1. The monoisotopic (exact) mass is 409 g/mol. The summed E-state index contributed by atoms with van der Waals surface area (Å²) in [6.07, 6.45) is 2.35. The molecule has 4 rings (SSSR count). The molecular formula is C24H31N3O3. The number of likely N-dealkylation sites (tertiary alicyclic amines) is 1. The van der Waals surface area contributed by atoms with Gasteiger partial charge in [-0.1, -0.05) is 24.3 Å². The van der Waals surface area contributed by atoms with E-state index in [1.54, 1.807) is 7.11 Å². The molecule has 2 aliphatic rings. The van der Waals surface area contributed by atoms with Crippen LogP contribution >= 0.6 is 0 Å². The second-order valence-electron chi connectivity index (χ2n) is 8.04. The van der Waals surface area contributed by atoms with E-state index in [9.17, 15) is 0 Å². The average molecular weight is 410 g/mol. The van der Waals surface area contributed by atoms with Gasteiger partial charge >= 0.3 is 0 Å². The van der Waals surface area contributed by atoms with Gasteiger partial charge in [0.15, 0.2) is 17.5 Å². The normalized spacial score (nSPS) is 21.3. The van der Waals surface area contributed by atoms with Crippen molar-refractivity contribution in [2.24, 2.45) is 10.4 Å². The largest absolute Gasteiger partial charge is 0.493 e. The molecule has 2 heterocycles. The van der Waals surface area contributed by atoms with Crippen LogP contribution in [0.2, 0.25) is 0 Å². The molecular weight excluding hydrogens is 378 g/mol. The minimum Gasteiger partial charge on any atom is -0.493 e. The Morgan fingerprint density at radius 3 is 2.63 bits per heavy atom. The van der Waals surface area contributed by atoms with Crippen molar-refractivity contribution >= 4 is 5.96 Å². The number of hydrogen-bond donors (Lipinski definition) is 1. The molecule has 6 heteroatoms. The summed E-state index contributed by atoms with van der Waals surface area (Å²) >= 11 is 0. The molecule has 2 aromatic rings. The Bertz CT molecular complexity index is 860. The van der Waals surface area contributed by atoms with Crippen molar-refractivity contribution < 1.29 is 14.2 Å². The third-order valence-electron chi connectivity index (χ3n) is 5.89. The highest BCUT2D eigenvalue weighted by Crippen LogP contribution is 2.38. The lowest BCUT2D eigenvalue weighted by Gasteiger charge is -2.25. The van der Waals surface area contributed by atoms with Crippen molar-refractivity contribution in [3.8, 4) is 17.2 Å². The van der Waals surface area contributed by atoms with Gasteiger partial charge in [-0.3, -0.25) is 0 Å². The molecule has 2 aliphatic heterocycles. The summed E-state index contributed by atoms with van der Waals surface area (Å²) in [7, 11) is 1.65. The molecule has 6 nitrogen and oxygen atoms in total. The zero-order valence-corrected chi connectivity index (χ0v) is 17.9. The number of aliphatic imine (C=N–C) groups is 1. The minimum absolute atomic E-state index is 0.327. The van der Waals surface area contributed by atoms with Crippen molar-refractivity contribution in [2.75, 3.05) is 40.0 Å². The van der Waals surface area contributed by atoms with Crippen LogP contribution in [0.15, 0.2) is 53.5 Å². The summed E-state index contributed by atoms with van der Waals surface area (Å²) < 4.78 is 17.0. The third-order valence-corrected chi connectivity index (χ3v) is 5.89. The fraction of sp³-hybridized carbons (Fsp3) is 0.458. The highest BCUT2D eigenvalue weighted by Gasteiger charge is 2.42. The van der Waals surface area contributed by atoms with Crippen LogP contribution in [0.4, 0.5) is 0 Å². The van der Waals surface area contributed by atoms with E-state index in [2.05, 4.69) is 29.3 Å². The summed E-state index contributed by atoms with van der Waals surface area (Å²) in [5.41, 5.74) is 1.48. The van der Waals surface area contributed by atoms with E-state index in [-0.39, 0.29) is 0 Å². The van der Waals surface area contributed by atoms with E-state index >= 15 is 0 Å². The van der Waals surface area contributed by atoms with Crippen LogP contribution < -0.4 is 14.8 Å². The summed E-state index contributed by atoms with van der Waals surface area (Å²) in [6, 6.07) is 15.7. The average Bonchev–Trinajstić information content (AvgIpc) is 3.42. The van der Waals surface area contributed by atoms with E-state index in [0.29, 0.717) is 17.7 Å². The van der Waals surface area contributed by atoms with Crippen LogP contribution in [0.25, 0.3) is 0 Å². The molecule has 2 fully saturated rings. The van der Waals surface area contributed by atoms with Crippen LogP contribution in [0.1, 0.15) is 25.3 Å². The molecule has 0 amide bonds. The number of methoxy groups -OCH3 is 1. The molecule has 0 aliphatic carbocycles. The standard InChI is InChI=1S/C24H31N3O3/c1-3-25-23(27-14-12-24(17-27)13-15-29-18-24)26-16-19-8-10-20(11-9-19)30-22-7-5-4-6-21(22)28-2/h4-11H,3,12-18H2,1-2H3,(H,25,26). The molecule has 2 saturated heterocycles. The van der Waals surface area contributed by atoms with Crippen molar-refractivity contribution in [1.29, 1.82) is 0 Å². The fourth-order valence-corrected chi connectivity index (χ4v) is 4.17. The number of hydrogen-bond acceptors (Lipinski definition) is 4. The Labute approximate surface area is 178 Å². The summed E-state index contributed by atoms with van der Waals surface area (Å²) in [5.74, 6) is 3.20. The van der Waals surface area contributed by atoms with Gasteiger partial charge in [-0.05, 0) is 49.6 Å². The topological polar surface area (TPSA) is 55.3 Å². The summed E-state index contributed by atoms with van der Waals surface area (Å²) in [4.78, 5) is 7.28. The first-order chi connectivity index (χ1) is 14.7. The number of nitrogens with one attached hydrogen (secondary N) is 1. The third kappa shape index (κ3) is 4.70. The molecule has 1 spiro atoms. The first-order valence-electron chi connectivity index (χ1n) is 10.7. The second-order valence-corrected chi connectivity index (χ2v) is 8.04. The molecule has 0 radical (unpaired) electrons. The number of ether oxygens (including phenoxy) is 3. The maximum atomic E-state index is 5.96. The van der Waals surface area contributed by atoms with E-state index < -0.39 is 0 Å². The van der Waals surface area contributed by atoms with E-state index in [0.717, 1.165) is 62.3 Å². The smallest absolute Gasteiger partial charge is 0.194 e. The van der Waals surface area contributed by atoms with Crippen LogP contribution in [-0.4, -0.2) is 50.8 Å². The lowest BCUT2D eigenvalue weighted by molar-refractivity contribution is 0.156. The van der Waals surface area contributed by atoms with Gasteiger partial charge in [0, 0.05) is 31.7 Å². The van der Waals surface area contributed by atoms with E-state index in [1.165, 1.54) is 6.42 Å². The predicted octanol–water partition coefficient (Wildman–Crippen LogP) is 4.07. The van der Waals surface area contributed by atoms with Crippen LogP contribution in [0.5, 0.6) is 17.2 Å². The number of rotatable bonds is 6. The Kier molecular flexibility index (Phi) is 6.43. The number of guanidine groups is 1. The van der Waals surface area contributed by atoms with Crippen molar-refractivity contribution in [3.63, 3.8) is 0 Å². The molecule has 160 valence electrons. The van der Waals surface area contributed by atoms with Gasteiger partial charge < -0.3 is 24.4 Å². The summed E-state index contributed by atoms with van der Waals surface area (Å²) in [5, 5.41) is 3.45. The molecule has 1 unspecified atom stereocenters. The van der Waals surface area contributed by atoms with E-state index in [4.69, 9.17) is 19.2 Å². The van der Waals surface area contributed by atoms with Crippen molar-refractivity contribution in [1.82, 2.24) is 10.2 Å². The predicted molar refractivity (Wildman–Crippen MR) is 118 cm³/mol. The van der Waals surface area contributed by atoms with E-state index in [1.807, 2.05) is 36.4 Å². The van der Waals surface area contributed by atoms with Gasteiger partial charge in [-0.15, -0.1) is 0 Å². The van der Waals surface area contributed by atoms with Crippen molar-refractivity contribution in [2.45, 2.75) is 26.3 Å². The highest BCUT2D eigenvalue weighted by atomic mass is 16.5. The van der Waals surface area contributed by atoms with Gasteiger partial charge in [0.25, 0.3) is 0 Å². The molecule has 0 bridgehead atoms. The van der Waals surface area contributed by atoms with Gasteiger partial charge in [0.1, 0.15) is 5.75 Å². The summed E-state index contributed by atoms with van der Waals surface area (Å²) in [6.45, 7) is 7.47. The van der Waals surface area contributed by atoms with Gasteiger partial charge in [0.05, 0.1) is 20.3 Å². The molecule has 1 atom stereocenters. The molecule has 1 N–H and O–H groups in total. The van der Waals surface area contributed by atoms with Gasteiger partial charge in [-0.2, -0.15) is 0 Å². The van der Waals surface area contributed by atoms with Crippen molar-refractivity contribution in [3.05, 3.63) is 54.1 Å². The molecule has 0 saturated carbocycles. The molecule has 30 heavy (non-hydrogen) atoms. The maximum absolute atomic E-state index is 5.96.